The van der Waals surface area contributed by atoms with Gasteiger partial charge in [-0.25, -0.2) is 0 Å². The second-order valence-corrected chi connectivity index (χ2v) is 15.1. The molecule has 5 rings (SSSR count). The molecule has 1 spiro atoms. The minimum absolute atomic E-state index is 0.0320. The molecule has 9 atom stereocenters. The predicted molar refractivity (Wildman–Crippen MR) is 201 cm³/mol. The van der Waals surface area contributed by atoms with Gasteiger partial charge in [0.25, 0.3) is 5.91 Å². The summed E-state index contributed by atoms with van der Waals surface area (Å²) >= 11 is 10.4. The van der Waals surface area contributed by atoms with Crippen molar-refractivity contribution in [3.05, 3.63) is 90.0 Å². The van der Waals surface area contributed by atoms with E-state index in [0.717, 1.165) is 5.56 Å². The molecular weight excluding hydrogens is 754 g/mol. The van der Waals surface area contributed by atoms with Gasteiger partial charge in [-0.15, -0.1) is 13.2 Å². The molecule has 3 fully saturated rings. The topological polar surface area (TPSA) is 135 Å². The van der Waals surface area contributed by atoms with E-state index in [2.05, 4.69) is 34.4 Å². The number of amides is 3. The molecule has 3 amide bonds. The number of methoxy groups -OCH3 is 1. The molecule has 2 aromatic rings. The zero-order valence-corrected chi connectivity index (χ0v) is 32.1. The summed E-state index contributed by atoms with van der Waals surface area (Å²) < 4.78 is 18.5. The van der Waals surface area contributed by atoms with Crippen molar-refractivity contribution in [3.63, 3.8) is 0 Å². The number of nitrogens with zero attached hydrogens (tertiary/aromatic N) is 2. The Bertz CT molecular complexity index is 1640. The zero-order chi connectivity index (χ0) is 37.7. The second-order valence-electron chi connectivity index (χ2n) is 13.5. The van der Waals surface area contributed by atoms with E-state index >= 15 is 4.79 Å². The first-order valence-corrected chi connectivity index (χ1v) is 18.9. The highest BCUT2D eigenvalue weighted by Gasteiger charge is 2.77. The fraction of sp³-hybridized carbons (Fsp3) is 0.487. The molecule has 0 aliphatic carbocycles. The Morgan fingerprint density at radius 1 is 1.19 bits per heavy atom. The standard InChI is InChI=1S/C39H47BrClN3O8/c1-6-9-18-29(46)42-28(22-50-5)33(24-15-11-10-12-16-24)51-38(49)30-31-36(47)44(25(8-3)21-45)35(39(31)20-26(40)34(30)52-39)37(48)43(19-7-2)32-23(4)14-13-17-27(32)41/h6-7,10-17,25-26,28,30-31,33-35,45H,1-2,8-9,18-22H2,3-5H3,(H,42,46)/t25-,26?,28+,30+,31-,33+,34+,35+,39-/m0/s1. The molecule has 1 unspecified atom stereocenters. The largest absolute Gasteiger partial charge is 0.455 e. The molecule has 13 heteroatoms. The van der Waals surface area contributed by atoms with Gasteiger partial charge in [-0.05, 0) is 43.4 Å². The summed E-state index contributed by atoms with van der Waals surface area (Å²) in [5.74, 6) is -4.11. The van der Waals surface area contributed by atoms with Gasteiger partial charge in [-0.3, -0.25) is 19.2 Å². The van der Waals surface area contributed by atoms with Crippen LogP contribution < -0.4 is 10.2 Å². The number of aliphatic hydroxyl groups is 1. The van der Waals surface area contributed by atoms with E-state index in [4.69, 9.17) is 25.8 Å². The first-order valence-electron chi connectivity index (χ1n) is 17.6. The number of benzene rings is 2. The van der Waals surface area contributed by atoms with Gasteiger partial charge in [0.2, 0.25) is 11.8 Å². The lowest BCUT2D eigenvalue weighted by Crippen LogP contribution is -2.59. The monoisotopic (exact) mass is 799 g/mol. The molecule has 3 saturated heterocycles. The van der Waals surface area contributed by atoms with Crippen LogP contribution in [0.3, 0.4) is 0 Å². The van der Waals surface area contributed by atoms with Gasteiger partial charge in [0.05, 0.1) is 53.9 Å². The fourth-order valence-corrected chi connectivity index (χ4v) is 9.35. The number of esters is 1. The van der Waals surface area contributed by atoms with Crippen molar-refractivity contribution >= 4 is 56.9 Å². The third kappa shape index (κ3) is 7.33. The zero-order valence-electron chi connectivity index (χ0n) is 29.7. The molecule has 2 aromatic carbocycles. The number of aliphatic hydroxyl groups excluding tert-OH is 1. The number of aryl methyl sites for hydroxylation is 1. The molecule has 0 saturated carbocycles. The van der Waals surface area contributed by atoms with Crippen LogP contribution in [0.1, 0.15) is 49.8 Å². The summed E-state index contributed by atoms with van der Waals surface area (Å²) in [6.45, 7) is 10.9. The third-order valence-corrected chi connectivity index (χ3v) is 11.5. The van der Waals surface area contributed by atoms with Gasteiger partial charge in [0.15, 0.2) is 0 Å². The van der Waals surface area contributed by atoms with Crippen LogP contribution in [0.5, 0.6) is 0 Å². The second kappa shape index (κ2) is 17.1. The van der Waals surface area contributed by atoms with Crippen molar-refractivity contribution in [2.24, 2.45) is 11.8 Å². The summed E-state index contributed by atoms with van der Waals surface area (Å²) in [6, 6.07) is 11.6. The highest BCUT2D eigenvalue weighted by molar-refractivity contribution is 9.09. The minimum Gasteiger partial charge on any atom is -0.455 e. The Morgan fingerprint density at radius 2 is 1.92 bits per heavy atom. The fourth-order valence-electron chi connectivity index (χ4n) is 8.08. The van der Waals surface area contributed by atoms with E-state index in [1.807, 2.05) is 26.0 Å². The van der Waals surface area contributed by atoms with Crippen LogP contribution in [0.25, 0.3) is 0 Å². The highest BCUT2D eigenvalue weighted by atomic mass is 79.9. The number of hydrogen-bond donors (Lipinski definition) is 2. The Hall–Kier alpha value is -3.55. The van der Waals surface area contributed by atoms with Crippen molar-refractivity contribution < 1.29 is 38.5 Å². The molecule has 0 radical (unpaired) electrons. The molecule has 52 heavy (non-hydrogen) atoms. The maximum atomic E-state index is 15.0. The average Bonchev–Trinajstić information content (AvgIpc) is 3.73. The molecule has 3 aliphatic rings. The van der Waals surface area contributed by atoms with Crippen molar-refractivity contribution in [2.45, 2.75) is 80.3 Å². The molecule has 280 valence electrons. The molecular formula is C39H47BrClN3O8. The van der Waals surface area contributed by atoms with E-state index in [1.54, 1.807) is 48.6 Å². The number of halogens is 2. The number of anilines is 1. The molecule has 3 heterocycles. The highest BCUT2D eigenvalue weighted by Crippen LogP contribution is 2.61. The number of allylic oxidation sites excluding steroid dienone is 1. The summed E-state index contributed by atoms with van der Waals surface area (Å²) in [7, 11) is 1.49. The smallest absolute Gasteiger partial charge is 0.313 e. The van der Waals surface area contributed by atoms with Crippen LogP contribution in [0.2, 0.25) is 5.02 Å². The van der Waals surface area contributed by atoms with Gasteiger partial charge in [0, 0.05) is 24.9 Å². The van der Waals surface area contributed by atoms with Crippen molar-refractivity contribution in [1.29, 1.82) is 0 Å². The number of carbonyl (C=O) groups excluding carboxylic acids is 4. The summed E-state index contributed by atoms with van der Waals surface area (Å²) in [4.78, 5) is 59.8. The van der Waals surface area contributed by atoms with Gasteiger partial charge < -0.3 is 34.4 Å². The minimum atomic E-state index is -1.43. The van der Waals surface area contributed by atoms with Gasteiger partial charge in [-0.2, -0.15) is 0 Å². The Balaban J connectivity index is 1.56. The van der Waals surface area contributed by atoms with Gasteiger partial charge in [0.1, 0.15) is 17.7 Å². The number of likely N-dealkylation sites (tertiary alicyclic amines) is 1. The average molecular weight is 801 g/mol. The first-order chi connectivity index (χ1) is 25.0. The van der Waals surface area contributed by atoms with Crippen LogP contribution in [-0.4, -0.2) is 95.2 Å². The number of ether oxygens (including phenoxy) is 3. The summed E-state index contributed by atoms with van der Waals surface area (Å²) in [5.41, 5.74) is 0.403. The molecule has 3 aliphatic heterocycles. The van der Waals surface area contributed by atoms with Crippen LogP contribution in [0.15, 0.2) is 73.8 Å². The van der Waals surface area contributed by atoms with Crippen LogP contribution >= 0.6 is 27.5 Å². The molecule has 0 aromatic heterocycles. The quantitative estimate of drug-likeness (QED) is 0.129. The maximum Gasteiger partial charge on any atom is 0.313 e. The summed E-state index contributed by atoms with van der Waals surface area (Å²) in [6.07, 6.45) is 2.69. The molecule has 2 bridgehead atoms. The van der Waals surface area contributed by atoms with Gasteiger partial charge >= 0.3 is 5.97 Å². The number of hydrogen-bond acceptors (Lipinski definition) is 8. The lowest BCUT2D eigenvalue weighted by Gasteiger charge is -2.39. The van der Waals surface area contributed by atoms with E-state index < -0.39 is 77.0 Å². The van der Waals surface area contributed by atoms with Crippen molar-refractivity contribution in [1.82, 2.24) is 10.2 Å². The number of fused-ring (bicyclic) bond motifs is 1. The van der Waals surface area contributed by atoms with E-state index in [0.29, 0.717) is 29.1 Å². The predicted octanol–water partition coefficient (Wildman–Crippen LogP) is 5.07. The van der Waals surface area contributed by atoms with E-state index in [9.17, 15) is 19.5 Å². The van der Waals surface area contributed by atoms with Crippen LogP contribution in [0.4, 0.5) is 5.69 Å². The normalized spacial score (nSPS) is 26.3. The third-order valence-electron chi connectivity index (χ3n) is 10.3. The molecule has 2 N–H and O–H groups in total. The number of rotatable bonds is 17. The number of nitrogens with one attached hydrogen (secondary N) is 1. The number of alkyl halides is 1. The van der Waals surface area contributed by atoms with Gasteiger partial charge in [-0.1, -0.05) is 89.1 Å². The lowest BCUT2D eigenvalue weighted by atomic mass is 9.70. The SMILES string of the molecule is C=CCCC(=O)N[C@H](COC)[C@H](OC(=O)[C@H]1[C@@H]2O[C@@]3(CC2Br)[C@@H]1C(=O)N([C@@H](CC)CO)[C@@H]3C(=O)N(CC=C)c1c(C)cccc1Cl)c1ccccc1. The maximum absolute atomic E-state index is 15.0. The number of carbonyl (C=O) groups is 4. The summed E-state index contributed by atoms with van der Waals surface area (Å²) in [5, 5.41) is 13.8. The van der Waals surface area contributed by atoms with Crippen molar-refractivity contribution in [3.8, 4) is 0 Å². The molecule has 11 nitrogen and oxygen atoms in total. The van der Waals surface area contributed by atoms with Crippen LogP contribution in [-0.2, 0) is 33.4 Å². The van der Waals surface area contributed by atoms with E-state index in [1.165, 1.54) is 16.9 Å². The van der Waals surface area contributed by atoms with E-state index in [-0.39, 0.29) is 31.9 Å². The Morgan fingerprint density at radius 3 is 2.54 bits per heavy atom. The van der Waals surface area contributed by atoms with Crippen LogP contribution in [0, 0.1) is 18.8 Å². The van der Waals surface area contributed by atoms with Crippen molar-refractivity contribution in [2.75, 3.05) is 31.8 Å². The Labute approximate surface area is 318 Å². The Kier molecular flexibility index (Phi) is 13.0. The number of para-hydroxylation sites is 1. The lowest BCUT2D eigenvalue weighted by molar-refractivity contribution is -0.163. The first kappa shape index (κ1) is 39.7.